The summed E-state index contributed by atoms with van der Waals surface area (Å²) in [5.41, 5.74) is 2.95. The summed E-state index contributed by atoms with van der Waals surface area (Å²) in [6.45, 7) is 7.95. The number of carbonyl (C=O) groups excluding carboxylic acids is 3. The van der Waals surface area contributed by atoms with Crippen LogP contribution in [0.1, 0.15) is 36.6 Å². The number of halogens is 2. The van der Waals surface area contributed by atoms with E-state index in [1.54, 1.807) is 37.3 Å². The second kappa shape index (κ2) is 16.7. The van der Waals surface area contributed by atoms with Crippen LogP contribution < -0.4 is 10.1 Å². The molecule has 3 aromatic rings. The van der Waals surface area contributed by atoms with Crippen LogP contribution in [-0.4, -0.2) is 40.1 Å². The predicted molar refractivity (Wildman–Crippen MR) is 199 cm³/mol. The van der Waals surface area contributed by atoms with Crippen molar-refractivity contribution in [2.45, 2.75) is 19.9 Å². The first-order valence-electron chi connectivity index (χ1n) is 14.1. The molecular formula is C35H31I2N3O4S. The molecule has 45 heavy (non-hydrogen) atoms. The molecule has 0 aliphatic carbocycles. The molecular weight excluding hydrogens is 812 g/mol. The zero-order valence-corrected chi connectivity index (χ0v) is 29.8. The molecule has 1 heterocycles. The van der Waals surface area contributed by atoms with Crippen LogP contribution in [0, 0.1) is 7.14 Å². The highest BCUT2D eigenvalue weighted by Gasteiger charge is 2.35. The molecule has 1 aliphatic rings. The molecule has 0 saturated heterocycles. The number of aliphatic imine (C=N–C) groups is 1. The van der Waals surface area contributed by atoms with Crippen LogP contribution in [0.2, 0.25) is 0 Å². The van der Waals surface area contributed by atoms with Gasteiger partial charge >= 0.3 is 0 Å². The molecule has 0 spiro atoms. The number of rotatable bonds is 11. The van der Waals surface area contributed by atoms with E-state index in [9.17, 15) is 14.4 Å². The third kappa shape index (κ3) is 8.82. The summed E-state index contributed by atoms with van der Waals surface area (Å²) in [4.78, 5) is 46.3. The van der Waals surface area contributed by atoms with Crippen LogP contribution in [0.15, 0.2) is 120 Å². The molecule has 1 N–H and O–H groups in total. The SMILES string of the molecule is C=C/C=C\C(=C/C)N1C(=O)/C(=C/c2cc(I)c(OCC)c(I)c2)C(=O)N=C1SCC(=O)NC(c1ccccc1)c1ccccc1. The molecule has 230 valence electrons. The fourth-order valence-electron chi connectivity index (χ4n) is 4.50. The van der Waals surface area contributed by atoms with E-state index in [0.29, 0.717) is 17.9 Å². The lowest BCUT2D eigenvalue weighted by molar-refractivity contribution is -0.126. The van der Waals surface area contributed by atoms with Crippen molar-refractivity contribution in [3.8, 4) is 5.75 Å². The number of amidine groups is 1. The molecule has 7 nitrogen and oxygen atoms in total. The van der Waals surface area contributed by atoms with Crippen molar-refractivity contribution in [3.05, 3.63) is 139 Å². The number of carbonyl (C=O) groups is 3. The highest BCUT2D eigenvalue weighted by atomic mass is 127. The van der Waals surface area contributed by atoms with Gasteiger partial charge in [0, 0.05) is 5.70 Å². The molecule has 3 amide bonds. The Morgan fingerprint density at radius 3 is 2.18 bits per heavy atom. The summed E-state index contributed by atoms with van der Waals surface area (Å²) in [5, 5.41) is 3.22. The Morgan fingerprint density at radius 2 is 1.64 bits per heavy atom. The minimum Gasteiger partial charge on any atom is -0.492 e. The van der Waals surface area contributed by atoms with Crippen LogP contribution in [-0.2, 0) is 14.4 Å². The van der Waals surface area contributed by atoms with Gasteiger partial charge in [-0.25, -0.2) is 0 Å². The summed E-state index contributed by atoms with van der Waals surface area (Å²) in [7, 11) is 0. The van der Waals surface area contributed by atoms with Gasteiger partial charge in [-0.3, -0.25) is 19.3 Å². The summed E-state index contributed by atoms with van der Waals surface area (Å²) < 4.78 is 7.45. The van der Waals surface area contributed by atoms with E-state index in [-0.39, 0.29) is 28.4 Å². The van der Waals surface area contributed by atoms with Gasteiger partial charge in [0.1, 0.15) is 11.3 Å². The standard InChI is InChI=1S/C35H31I2N3O4S/c1-4-7-18-26(5-2)40-34(43)27(19-23-20-28(36)32(44-6-3)29(37)21-23)33(42)39-35(40)45-22-30(41)38-31(24-14-10-8-11-15-24)25-16-12-9-13-17-25/h4-5,7-21,31H,1,6,22H2,2-3H3,(H,38,41)/b18-7-,26-5+,27-19+. The van der Waals surface area contributed by atoms with Crippen molar-refractivity contribution < 1.29 is 19.1 Å². The fraction of sp³-hybridized carbons (Fsp3) is 0.143. The number of amides is 3. The molecule has 0 radical (unpaired) electrons. The number of thioether (sulfide) groups is 1. The molecule has 0 saturated carbocycles. The van der Waals surface area contributed by atoms with E-state index in [2.05, 4.69) is 62.1 Å². The van der Waals surface area contributed by atoms with E-state index >= 15 is 0 Å². The number of hydrogen-bond donors (Lipinski definition) is 1. The Balaban J connectivity index is 1.63. The summed E-state index contributed by atoms with van der Waals surface area (Å²) in [6.07, 6.45) is 8.28. The molecule has 10 heteroatoms. The maximum atomic E-state index is 14.0. The molecule has 0 unspecified atom stereocenters. The van der Waals surface area contributed by atoms with Gasteiger partial charge in [0.25, 0.3) is 11.8 Å². The molecule has 0 fully saturated rings. The molecule has 0 aromatic heterocycles. The van der Waals surface area contributed by atoms with Crippen LogP contribution >= 0.6 is 56.9 Å². The molecule has 4 rings (SSSR count). The molecule has 1 aliphatic heterocycles. The van der Waals surface area contributed by atoms with Crippen LogP contribution in [0.25, 0.3) is 6.08 Å². The Hall–Kier alpha value is -3.49. The lowest BCUT2D eigenvalue weighted by atomic mass is 9.99. The summed E-state index contributed by atoms with van der Waals surface area (Å²) >= 11 is 5.38. The van der Waals surface area contributed by atoms with Gasteiger partial charge in [0.2, 0.25) is 5.91 Å². The minimum atomic E-state index is -0.673. The van der Waals surface area contributed by atoms with Gasteiger partial charge in [-0.05, 0) is 100 Å². The zero-order chi connectivity index (χ0) is 32.3. The van der Waals surface area contributed by atoms with Crippen molar-refractivity contribution in [2.24, 2.45) is 4.99 Å². The number of nitrogens with zero attached hydrogens (tertiary/aromatic N) is 2. The predicted octanol–water partition coefficient (Wildman–Crippen LogP) is 7.69. The quantitative estimate of drug-likeness (QED) is 0.0927. The Morgan fingerprint density at radius 1 is 1.04 bits per heavy atom. The smallest absolute Gasteiger partial charge is 0.285 e. The van der Waals surface area contributed by atoms with E-state index in [4.69, 9.17) is 4.74 Å². The van der Waals surface area contributed by atoms with Crippen molar-refractivity contribution in [3.63, 3.8) is 0 Å². The van der Waals surface area contributed by atoms with Crippen molar-refractivity contribution in [1.82, 2.24) is 10.2 Å². The highest BCUT2D eigenvalue weighted by Crippen LogP contribution is 2.32. The summed E-state index contributed by atoms with van der Waals surface area (Å²) in [6, 6.07) is 22.7. The van der Waals surface area contributed by atoms with E-state index in [1.807, 2.05) is 79.7 Å². The zero-order valence-electron chi connectivity index (χ0n) is 24.7. The second-order valence-electron chi connectivity index (χ2n) is 9.56. The normalized spacial score (nSPS) is 14.7. The van der Waals surface area contributed by atoms with Gasteiger partial charge in [0.15, 0.2) is 5.17 Å². The van der Waals surface area contributed by atoms with Crippen LogP contribution in [0.3, 0.4) is 0 Å². The van der Waals surface area contributed by atoms with Gasteiger partial charge in [0.05, 0.1) is 25.5 Å². The first-order chi connectivity index (χ1) is 21.8. The summed E-state index contributed by atoms with van der Waals surface area (Å²) in [5.74, 6) is -0.796. The maximum absolute atomic E-state index is 14.0. The largest absolute Gasteiger partial charge is 0.492 e. The van der Waals surface area contributed by atoms with E-state index < -0.39 is 11.8 Å². The Labute approximate surface area is 294 Å². The lowest BCUT2D eigenvalue weighted by Gasteiger charge is -2.28. The fourth-order valence-corrected chi connectivity index (χ4v) is 7.44. The van der Waals surface area contributed by atoms with Gasteiger partial charge in [-0.15, -0.1) is 0 Å². The number of nitrogens with one attached hydrogen (secondary N) is 1. The number of allylic oxidation sites excluding steroid dienone is 4. The van der Waals surface area contributed by atoms with Crippen LogP contribution in [0.4, 0.5) is 0 Å². The van der Waals surface area contributed by atoms with Gasteiger partial charge < -0.3 is 10.1 Å². The number of hydrogen-bond acceptors (Lipinski definition) is 5. The Bertz CT molecular complexity index is 1640. The molecule has 0 atom stereocenters. The maximum Gasteiger partial charge on any atom is 0.285 e. The average molecular weight is 844 g/mol. The van der Waals surface area contributed by atoms with E-state index in [1.165, 1.54) is 4.90 Å². The first-order valence-corrected chi connectivity index (χ1v) is 17.2. The molecule has 3 aromatic carbocycles. The number of benzene rings is 3. The van der Waals surface area contributed by atoms with E-state index in [0.717, 1.165) is 35.8 Å². The number of ether oxygens (including phenoxy) is 1. The van der Waals surface area contributed by atoms with Crippen molar-refractivity contribution in [1.29, 1.82) is 0 Å². The lowest BCUT2D eigenvalue weighted by Crippen LogP contribution is -2.42. The Kier molecular flexibility index (Phi) is 12.8. The first kappa shape index (κ1) is 34.4. The third-order valence-corrected chi connectivity index (χ3v) is 9.07. The van der Waals surface area contributed by atoms with Crippen molar-refractivity contribution in [2.75, 3.05) is 12.4 Å². The monoisotopic (exact) mass is 843 g/mol. The van der Waals surface area contributed by atoms with Gasteiger partial charge in [-0.1, -0.05) is 97.2 Å². The third-order valence-electron chi connectivity index (χ3n) is 6.53. The topological polar surface area (TPSA) is 88.1 Å². The van der Waals surface area contributed by atoms with Crippen molar-refractivity contribution >= 4 is 85.9 Å². The highest BCUT2D eigenvalue weighted by molar-refractivity contribution is 14.1. The van der Waals surface area contributed by atoms with Crippen LogP contribution in [0.5, 0.6) is 5.75 Å². The molecule has 0 bridgehead atoms. The second-order valence-corrected chi connectivity index (χ2v) is 12.8. The average Bonchev–Trinajstić information content (AvgIpc) is 3.04. The van der Waals surface area contributed by atoms with Gasteiger partial charge in [-0.2, -0.15) is 4.99 Å². The minimum absolute atomic E-state index is 0.0669.